The highest BCUT2D eigenvalue weighted by Crippen LogP contribution is 2.40. The van der Waals surface area contributed by atoms with Crippen LogP contribution < -0.4 is 11.1 Å². The van der Waals surface area contributed by atoms with E-state index in [-0.39, 0.29) is 5.91 Å². The lowest BCUT2D eigenvalue weighted by Crippen LogP contribution is -2.21. The molecule has 0 heterocycles. The predicted molar refractivity (Wildman–Crippen MR) is 63.9 cm³/mol. The molecule has 0 unspecified atom stereocenters. The fraction of sp³-hybridized carbons (Fsp3) is 0.462. The molecule has 1 aliphatic rings. The monoisotopic (exact) mass is 218 g/mol. The summed E-state index contributed by atoms with van der Waals surface area (Å²) in [5.74, 6) is 0.546. The van der Waals surface area contributed by atoms with E-state index in [1.165, 1.54) is 24.0 Å². The lowest BCUT2D eigenvalue weighted by atomic mass is 10.1. The minimum atomic E-state index is -0.251. The van der Waals surface area contributed by atoms with Crippen LogP contribution in [0.1, 0.15) is 36.3 Å². The summed E-state index contributed by atoms with van der Waals surface area (Å²) in [6.45, 7) is 1.47. The predicted octanol–water partition coefficient (Wildman–Crippen LogP) is 1.53. The zero-order chi connectivity index (χ0) is 11.4. The third-order valence-electron chi connectivity index (χ3n) is 2.88. The van der Waals surface area contributed by atoms with Crippen molar-refractivity contribution >= 4 is 5.91 Å². The fourth-order valence-electron chi connectivity index (χ4n) is 1.82. The van der Waals surface area contributed by atoms with Gasteiger partial charge in [0.05, 0.1) is 0 Å². The minimum absolute atomic E-state index is 0.251. The van der Waals surface area contributed by atoms with Crippen molar-refractivity contribution in [1.29, 1.82) is 0 Å². The minimum Gasteiger partial charge on any atom is -0.370 e. The molecule has 0 spiro atoms. The van der Waals surface area contributed by atoms with E-state index in [1.807, 2.05) is 0 Å². The summed E-state index contributed by atoms with van der Waals surface area (Å²) in [7, 11) is 0. The molecule has 0 bridgehead atoms. The lowest BCUT2D eigenvalue weighted by Gasteiger charge is -2.05. The van der Waals surface area contributed by atoms with Crippen LogP contribution in [-0.2, 0) is 11.3 Å². The molecule has 1 fully saturated rings. The van der Waals surface area contributed by atoms with Crippen LogP contribution in [0.15, 0.2) is 24.3 Å². The third kappa shape index (κ3) is 3.35. The van der Waals surface area contributed by atoms with Crippen molar-refractivity contribution in [2.75, 3.05) is 6.54 Å². The standard InChI is InChI=1S/C13H18N2O/c14-13(16)6-7-15-9-10-2-1-3-12(8-10)11-4-5-11/h1-3,8,11,15H,4-7,9H2,(H2,14,16). The van der Waals surface area contributed by atoms with Crippen molar-refractivity contribution in [3.8, 4) is 0 Å². The van der Waals surface area contributed by atoms with E-state index in [0.717, 1.165) is 12.5 Å². The molecule has 0 radical (unpaired) electrons. The van der Waals surface area contributed by atoms with Gasteiger partial charge in [0.2, 0.25) is 5.91 Å². The zero-order valence-corrected chi connectivity index (χ0v) is 9.41. The molecule has 3 heteroatoms. The second kappa shape index (κ2) is 5.12. The molecule has 3 nitrogen and oxygen atoms in total. The van der Waals surface area contributed by atoms with Crippen LogP contribution in [0.25, 0.3) is 0 Å². The van der Waals surface area contributed by atoms with Crippen molar-refractivity contribution in [2.45, 2.75) is 31.7 Å². The molecular weight excluding hydrogens is 200 g/mol. The van der Waals surface area contributed by atoms with E-state index in [0.29, 0.717) is 13.0 Å². The Morgan fingerprint density at radius 1 is 1.44 bits per heavy atom. The summed E-state index contributed by atoms with van der Waals surface area (Å²) in [5.41, 5.74) is 7.80. The molecule has 1 saturated carbocycles. The van der Waals surface area contributed by atoms with Crippen molar-refractivity contribution in [2.24, 2.45) is 5.73 Å². The number of hydrogen-bond acceptors (Lipinski definition) is 2. The highest BCUT2D eigenvalue weighted by Gasteiger charge is 2.23. The molecule has 0 aliphatic heterocycles. The Balaban J connectivity index is 1.79. The van der Waals surface area contributed by atoms with E-state index in [9.17, 15) is 4.79 Å². The number of carbonyl (C=O) groups is 1. The summed E-state index contributed by atoms with van der Waals surface area (Å²) >= 11 is 0. The molecule has 0 saturated heterocycles. The maximum Gasteiger partial charge on any atom is 0.218 e. The normalized spacial score (nSPS) is 15.0. The number of primary amides is 1. The number of hydrogen-bond donors (Lipinski definition) is 2. The number of amides is 1. The number of rotatable bonds is 6. The first-order valence-corrected chi connectivity index (χ1v) is 5.83. The van der Waals surface area contributed by atoms with Gasteiger partial charge in [-0.3, -0.25) is 4.79 Å². The summed E-state index contributed by atoms with van der Waals surface area (Å²) in [6.07, 6.45) is 3.07. The highest BCUT2D eigenvalue weighted by atomic mass is 16.1. The maximum absolute atomic E-state index is 10.5. The van der Waals surface area contributed by atoms with Gasteiger partial charge in [-0.2, -0.15) is 0 Å². The van der Waals surface area contributed by atoms with Gasteiger partial charge in [0.15, 0.2) is 0 Å². The molecule has 2 rings (SSSR count). The SMILES string of the molecule is NC(=O)CCNCc1cccc(C2CC2)c1. The third-order valence-corrected chi connectivity index (χ3v) is 2.88. The van der Waals surface area contributed by atoms with Gasteiger partial charge in [0.25, 0.3) is 0 Å². The molecule has 1 aromatic rings. The molecule has 0 aromatic heterocycles. The van der Waals surface area contributed by atoms with E-state index in [4.69, 9.17) is 5.73 Å². The molecule has 86 valence electrons. The number of benzene rings is 1. The first-order chi connectivity index (χ1) is 7.75. The van der Waals surface area contributed by atoms with Crippen LogP contribution in [0.4, 0.5) is 0 Å². The average Bonchev–Trinajstić information content (AvgIpc) is 3.08. The maximum atomic E-state index is 10.5. The largest absolute Gasteiger partial charge is 0.370 e. The highest BCUT2D eigenvalue weighted by molar-refractivity contribution is 5.73. The first-order valence-electron chi connectivity index (χ1n) is 5.83. The van der Waals surface area contributed by atoms with Gasteiger partial charge in [-0.25, -0.2) is 0 Å². The Hall–Kier alpha value is -1.35. The summed E-state index contributed by atoms with van der Waals surface area (Å²) < 4.78 is 0. The van der Waals surface area contributed by atoms with E-state index >= 15 is 0 Å². The van der Waals surface area contributed by atoms with Crippen molar-refractivity contribution in [3.63, 3.8) is 0 Å². The van der Waals surface area contributed by atoms with Gasteiger partial charge >= 0.3 is 0 Å². The number of nitrogens with two attached hydrogens (primary N) is 1. The van der Waals surface area contributed by atoms with Crippen molar-refractivity contribution < 1.29 is 4.79 Å². The van der Waals surface area contributed by atoms with Crippen LogP contribution in [-0.4, -0.2) is 12.5 Å². The van der Waals surface area contributed by atoms with E-state index < -0.39 is 0 Å². The van der Waals surface area contributed by atoms with Crippen LogP contribution in [0.3, 0.4) is 0 Å². The molecule has 1 amide bonds. The Kier molecular flexibility index (Phi) is 3.57. The van der Waals surface area contributed by atoms with Gasteiger partial charge < -0.3 is 11.1 Å². The second-order valence-corrected chi connectivity index (χ2v) is 4.41. The Labute approximate surface area is 96.0 Å². The first kappa shape index (κ1) is 11.1. The van der Waals surface area contributed by atoms with Crippen LogP contribution in [0.2, 0.25) is 0 Å². The number of carbonyl (C=O) groups excluding carboxylic acids is 1. The van der Waals surface area contributed by atoms with Gasteiger partial charge in [-0.05, 0) is 29.9 Å². The van der Waals surface area contributed by atoms with Crippen LogP contribution in [0, 0.1) is 0 Å². The van der Waals surface area contributed by atoms with Gasteiger partial charge in [0.1, 0.15) is 0 Å². The Bertz CT molecular complexity index is 372. The van der Waals surface area contributed by atoms with E-state index in [2.05, 4.69) is 29.6 Å². The average molecular weight is 218 g/mol. The zero-order valence-electron chi connectivity index (χ0n) is 9.41. The Morgan fingerprint density at radius 2 is 2.25 bits per heavy atom. The summed E-state index contributed by atoms with van der Waals surface area (Å²) in [4.78, 5) is 10.5. The topological polar surface area (TPSA) is 55.1 Å². The van der Waals surface area contributed by atoms with Crippen LogP contribution in [0.5, 0.6) is 0 Å². The Morgan fingerprint density at radius 3 is 2.94 bits per heavy atom. The number of nitrogens with one attached hydrogen (secondary N) is 1. The molecule has 1 aromatic carbocycles. The molecule has 3 N–H and O–H groups in total. The van der Waals surface area contributed by atoms with Crippen LogP contribution >= 0.6 is 0 Å². The van der Waals surface area contributed by atoms with E-state index in [1.54, 1.807) is 0 Å². The van der Waals surface area contributed by atoms with Crippen molar-refractivity contribution in [3.05, 3.63) is 35.4 Å². The lowest BCUT2D eigenvalue weighted by molar-refractivity contribution is -0.117. The van der Waals surface area contributed by atoms with Gasteiger partial charge in [0, 0.05) is 19.5 Å². The molecule has 0 atom stereocenters. The smallest absolute Gasteiger partial charge is 0.218 e. The second-order valence-electron chi connectivity index (χ2n) is 4.41. The van der Waals surface area contributed by atoms with Gasteiger partial charge in [-0.15, -0.1) is 0 Å². The van der Waals surface area contributed by atoms with Gasteiger partial charge in [-0.1, -0.05) is 24.3 Å². The molecule has 1 aliphatic carbocycles. The molecule has 16 heavy (non-hydrogen) atoms. The molecular formula is C13H18N2O. The summed E-state index contributed by atoms with van der Waals surface area (Å²) in [6, 6.07) is 8.68. The van der Waals surface area contributed by atoms with Crippen molar-refractivity contribution in [1.82, 2.24) is 5.32 Å². The summed E-state index contributed by atoms with van der Waals surface area (Å²) in [5, 5.41) is 3.22. The quantitative estimate of drug-likeness (QED) is 0.711. The fourth-order valence-corrected chi connectivity index (χ4v) is 1.82.